The van der Waals surface area contributed by atoms with Gasteiger partial charge in [-0.2, -0.15) is 5.26 Å². The van der Waals surface area contributed by atoms with Crippen LogP contribution in [0.15, 0.2) is 71.8 Å². The molecular weight excluding hydrogens is 436 g/mol. The summed E-state index contributed by atoms with van der Waals surface area (Å²) < 4.78 is 28.0. The minimum Gasteiger partial charge on any atom is -0.593 e. The summed E-state index contributed by atoms with van der Waals surface area (Å²) in [5.41, 5.74) is 3.38. The number of nitrogens with one attached hydrogen (secondary N) is 1. The molecule has 0 spiro atoms. The molecule has 168 valence electrons. The van der Waals surface area contributed by atoms with Crippen LogP contribution in [-0.4, -0.2) is 39.5 Å². The Bertz CT molecular complexity index is 1230. The number of nitriles is 1. The molecule has 1 amide bonds. The van der Waals surface area contributed by atoms with E-state index in [1.165, 1.54) is 0 Å². The number of aromatic nitrogens is 1. The predicted molar refractivity (Wildman–Crippen MR) is 125 cm³/mol. The van der Waals surface area contributed by atoms with E-state index >= 15 is 0 Å². The molecule has 0 aliphatic carbocycles. The van der Waals surface area contributed by atoms with Crippen LogP contribution < -0.4 is 4.72 Å². The Kier molecular flexibility index (Phi) is 6.65. The summed E-state index contributed by atoms with van der Waals surface area (Å²) in [6.07, 6.45) is 2.73. The molecule has 0 saturated carbocycles. The second-order valence-corrected chi connectivity index (χ2v) is 9.80. The fourth-order valence-corrected chi connectivity index (χ4v) is 5.19. The van der Waals surface area contributed by atoms with Gasteiger partial charge in [0.1, 0.15) is 6.07 Å². The summed E-state index contributed by atoms with van der Waals surface area (Å²) in [4.78, 5) is 19.2. The number of aryl methyl sites for hydroxylation is 1. The van der Waals surface area contributed by atoms with Crippen molar-refractivity contribution in [1.82, 2.24) is 14.6 Å². The summed E-state index contributed by atoms with van der Waals surface area (Å²) in [6.45, 7) is 2.85. The third-order valence-electron chi connectivity index (χ3n) is 5.77. The number of pyridine rings is 1. The monoisotopic (exact) mass is 460 g/mol. The zero-order valence-electron chi connectivity index (χ0n) is 18.2. The van der Waals surface area contributed by atoms with E-state index in [9.17, 15) is 18.8 Å². The van der Waals surface area contributed by atoms with E-state index in [1.807, 2.05) is 6.92 Å². The van der Waals surface area contributed by atoms with Crippen LogP contribution >= 0.6 is 0 Å². The van der Waals surface area contributed by atoms with Gasteiger partial charge in [0.15, 0.2) is 15.3 Å². The molecule has 1 unspecified atom stereocenters. The molecule has 1 aliphatic heterocycles. The number of hydrogen-bond acceptors (Lipinski definition) is 5. The number of sulfonamides is 1. The topological polar surface area (TPSA) is 109 Å². The molecule has 33 heavy (non-hydrogen) atoms. The van der Waals surface area contributed by atoms with E-state index in [2.05, 4.69) is 15.8 Å². The van der Waals surface area contributed by atoms with E-state index in [1.54, 1.807) is 71.8 Å². The van der Waals surface area contributed by atoms with Crippen LogP contribution in [0.25, 0.3) is 11.3 Å². The lowest BCUT2D eigenvalue weighted by atomic mass is 10.0. The molecule has 0 radical (unpaired) electrons. The van der Waals surface area contributed by atoms with Crippen LogP contribution in [0.1, 0.15) is 34.3 Å². The van der Waals surface area contributed by atoms with Crippen LogP contribution in [0.2, 0.25) is 0 Å². The number of nitrogens with zero attached hydrogens (tertiary/aromatic N) is 3. The van der Waals surface area contributed by atoms with Crippen molar-refractivity contribution in [2.24, 2.45) is 0 Å². The van der Waals surface area contributed by atoms with Gasteiger partial charge in [0.05, 0.1) is 17.3 Å². The number of benzene rings is 2. The van der Waals surface area contributed by atoms with Gasteiger partial charge in [-0.3, -0.25) is 9.78 Å². The van der Waals surface area contributed by atoms with Crippen LogP contribution in [0, 0.1) is 18.3 Å². The van der Waals surface area contributed by atoms with Gasteiger partial charge in [-0.1, -0.05) is 34.0 Å². The van der Waals surface area contributed by atoms with Crippen molar-refractivity contribution >= 4 is 16.3 Å². The molecular formula is C25H24N4O3S. The highest BCUT2D eigenvalue weighted by Gasteiger charge is 2.30. The first-order valence-electron chi connectivity index (χ1n) is 10.7. The van der Waals surface area contributed by atoms with E-state index < -0.39 is 10.4 Å². The number of likely N-dealkylation sites (tertiary alicyclic amines) is 1. The summed E-state index contributed by atoms with van der Waals surface area (Å²) in [7, 11) is -3.59. The molecule has 1 aromatic heterocycles. The van der Waals surface area contributed by atoms with Gasteiger partial charge in [-0.15, -0.1) is 4.72 Å². The quantitative estimate of drug-likeness (QED) is 0.584. The van der Waals surface area contributed by atoms with Crippen molar-refractivity contribution in [3.63, 3.8) is 0 Å². The molecule has 0 bridgehead atoms. The van der Waals surface area contributed by atoms with Crippen molar-refractivity contribution < 1.29 is 13.6 Å². The van der Waals surface area contributed by atoms with Crippen molar-refractivity contribution in [3.05, 3.63) is 83.6 Å². The van der Waals surface area contributed by atoms with E-state index in [4.69, 9.17) is 0 Å². The maximum absolute atomic E-state index is 12.9. The first-order valence-corrected chi connectivity index (χ1v) is 12.2. The summed E-state index contributed by atoms with van der Waals surface area (Å²) in [6, 6.07) is 19.1. The summed E-state index contributed by atoms with van der Waals surface area (Å²) in [5.74, 6) is -0.0945. The lowest BCUT2D eigenvalue weighted by Gasteiger charge is -2.33. The fourth-order valence-electron chi connectivity index (χ4n) is 3.88. The molecule has 1 atom stereocenters. The largest absolute Gasteiger partial charge is 0.593 e. The number of amides is 1. The van der Waals surface area contributed by atoms with Gasteiger partial charge in [0.2, 0.25) is 0 Å². The van der Waals surface area contributed by atoms with Gasteiger partial charge in [0, 0.05) is 30.4 Å². The van der Waals surface area contributed by atoms with Gasteiger partial charge in [-0.25, -0.2) is 0 Å². The van der Waals surface area contributed by atoms with Gasteiger partial charge in [0.25, 0.3) is 5.91 Å². The van der Waals surface area contributed by atoms with Crippen LogP contribution in [-0.2, 0) is 14.6 Å². The molecule has 2 aromatic carbocycles. The maximum Gasteiger partial charge on any atom is 0.253 e. The molecule has 7 nitrogen and oxygen atoms in total. The average molecular weight is 461 g/mol. The Morgan fingerprint density at radius 3 is 2.42 bits per heavy atom. The Morgan fingerprint density at radius 1 is 1.12 bits per heavy atom. The minimum absolute atomic E-state index is 0.0945. The smallest absolute Gasteiger partial charge is 0.253 e. The normalized spacial score (nSPS) is 16.1. The van der Waals surface area contributed by atoms with Crippen LogP contribution in [0.5, 0.6) is 0 Å². The summed E-state index contributed by atoms with van der Waals surface area (Å²) in [5, 5.41) is 9.27. The van der Waals surface area contributed by atoms with Crippen molar-refractivity contribution in [2.75, 3.05) is 13.1 Å². The molecule has 2 heterocycles. The van der Waals surface area contributed by atoms with E-state index in [0.717, 1.165) is 11.1 Å². The first-order chi connectivity index (χ1) is 15.9. The molecule has 8 heteroatoms. The minimum atomic E-state index is -3.59. The lowest BCUT2D eigenvalue weighted by Crippen LogP contribution is -2.48. The molecule has 1 aliphatic rings. The van der Waals surface area contributed by atoms with Crippen molar-refractivity contribution in [3.8, 4) is 17.3 Å². The highest BCUT2D eigenvalue weighted by molar-refractivity contribution is 7.95. The third-order valence-corrected chi connectivity index (χ3v) is 7.31. The van der Waals surface area contributed by atoms with Crippen molar-refractivity contribution in [1.29, 1.82) is 5.26 Å². The number of carbonyl (C=O) groups excluding carboxylic acids is 1. The summed E-state index contributed by atoms with van der Waals surface area (Å²) >= 11 is 0. The number of hydrogen-bond donors (Lipinski definition) is 1. The molecule has 1 N–H and O–H groups in total. The Balaban J connectivity index is 1.37. The average Bonchev–Trinajstić information content (AvgIpc) is 2.84. The second kappa shape index (κ2) is 9.63. The van der Waals surface area contributed by atoms with Gasteiger partial charge in [-0.05, 0) is 56.2 Å². The zero-order chi connectivity index (χ0) is 23.4. The molecule has 1 fully saturated rings. The molecule has 4 rings (SSSR count). The van der Waals surface area contributed by atoms with Crippen LogP contribution in [0.3, 0.4) is 0 Å². The fraction of sp³-hybridized carbons (Fsp3) is 0.240. The number of rotatable bonds is 5. The highest BCUT2D eigenvalue weighted by Crippen LogP contribution is 2.23. The van der Waals surface area contributed by atoms with Gasteiger partial charge < -0.3 is 9.45 Å². The maximum atomic E-state index is 12.9. The van der Waals surface area contributed by atoms with E-state index in [0.29, 0.717) is 42.8 Å². The SMILES string of the molecule is Cc1ccc([S+](=O)([O-])NC2CCN(C(=O)c3ccc(-c4ncccc4C#N)cc3)CC2)cc1. The molecule has 3 aromatic rings. The second-order valence-electron chi connectivity index (χ2n) is 8.09. The number of piperidine rings is 1. The lowest BCUT2D eigenvalue weighted by molar-refractivity contribution is 0.0711. The predicted octanol–water partition coefficient (Wildman–Crippen LogP) is 3.73. The Labute approximate surface area is 194 Å². The zero-order valence-corrected chi connectivity index (χ0v) is 19.0. The third kappa shape index (κ3) is 5.17. The number of carbonyl (C=O) groups is 1. The molecule has 1 saturated heterocycles. The standard InChI is InChI=1S/C25H24N4O3S/c1-18-4-10-23(11-5-18)33(31,32)28-22-12-15-29(16-13-22)25(30)20-8-6-19(7-9-20)24-21(17-26)3-2-14-27-24/h2-11,14,22H,12-13,15-16H2,1H3,(H-,28,31,32). The first kappa shape index (κ1) is 22.8. The van der Waals surface area contributed by atoms with Gasteiger partial charge >= 0.3 is 0 Å². The van der Waals surface area contributed by atoms with E-state index in [-0.39, 0.29) is 16.8 Å². The van der Waals surface area contributed by atoms with Crippen LogP contribution in [0.4, 0.5) is 0 Å². The highest BCUT2D eigenvalue weighted by atomic mass is 32.3. The van der Waals surface area contributed by atoms with Crippen molar-refractivity contribution in [2.45, 2.75) is 30.7 Å². The Morgan fingerprint density at radius 2 is 1.79 bits per heavy atom. The Hall–Kier alpha value is -3.38.